The minimum absolute atomic E-state index is 0.525. The molecule has 6 heteroatoms. The van der Waals surface area contributed by atoms with Crippen molar-refractivity contribution in [1.29, 1.82) is 10.5 Å². The van der Waals surface area contributed by atoms with Crippen molar-refractivity contribution < 1.29 is 0 Å². The number of fused-ring (bicyclic) bond motifs is 3. The van der Waals surface area contributed by atoms with Gasteiger partial charge in [0.05, 0.1) is 40.0 Å². The Morgan fingerprint density at radius 2 is 0.889 bits per heavy atom. The molecule has 9 rings (SSSR count). The molecule has 0 spiro atoms. The molecule has 0 radical (unpaired) electrons. The highest BCUT2D eigenvalue weighted by Gasteiger charge is 2.23. The summed E-state index contributed by atoms with van der Waals surface area (Å²) in [4.78, 5) is 15.2. The number of para-hydroxylation sites is 1. The molecule has 0 aliphatic carbocycles. The summed E-state index contributed by atoms with van der Waals surface area (Å²) in [6.45, 7) is 2.12. The van der Waals surface area contributed by atoms with E-state index in [1.807, 2.05) is 109 Å². The first-order valence-corrected chi connectivity index (χ1v) is 17.6. The van der Waals surface area contributed by atoms with E-state index in [1.54, 1.807) is 0 Å². The highest BCUT2D eigenvalue weighted by molar-refractivity contribution is 6.11. The molecule has 54 heavy (non-hydrogen) atoms. The third kappa shape index (κ3) is 5.75. The maximum Gasteiger partial charge on any atom is 0.164 e. The van der Waals surface area contributed by atoms with Crippen LogP contribution >= 0.6 is 0 Å². The lowest BCUT2D eigenvalue weighted by molar-refractivity contribution is 1.07. The number of rotatable bonds is 6. The number of nitriles is 2. The molecule has 0 N–H and O–H groups in total. The van der Waals surface area contributed by atoms with Crippen molar-refractivity contribution in [2.24, 2.45) is 0 Å². The van der Waals surface area contributed by atoms with Gasteiger partial charge in [-0.2, -0.15) is 10.5 Å². The van der Waals surface area contributed by atoms with Gasteiger partial charge in [0, 0.05) is 38.6 Å². The molecule has 0 amide bonds. The Bertz CT molecular complexity index is 2800. The Kier molecular flexibility index (Phi) is 8.04. The number of aromatic nitrogens is 4. The predicted octanol–water partition coefficient (Wildman–Crippen LogP) is 11.4. The van der Waals surface area contributed by atoms with E-state index in [4.69, 9.17) is 15.0 Å². The van der Waals surface area contributed by atoms with E-state index in [0.717, 1.165) is 66.4 Å². The summed E-state index contributed by atoms with van der Waals surface area (Å²) in [5.74, 6) is 1.67. The zero-order valence-corrected chi connectivity index (χ0v) is 29.3. The molecule has 0 bridgehead atoms. The molecule has 9 aromatic rings. The van der Waals surface area contributed by atoms with Crippen LogP contribution in [0.15, 0.2) is 164 Å². The number of nitrogens with zero attached hydrogens (tertiary/aromatic N) is 6. The van der Waals surface area contributed by atoms with E-state index in [2.05, 4.69) is 78.2 Å². The van der Waals surface area contributed by atoms with Crippen molar-refractivity contribution in [1.82, 2.24) is 19.5 Å². The van der Waals surface area contributed by atoms with E-state index >= 15 is 0 Å². The molecule has 2 heterocycles. The highest BCUT2D eigenvalue weighted by atomic mass is 15.0. The monoisotopic (exact) mass is 690 g/mol. The topological polar surface area (TPSA) is 91.2 Å². The molecule has 0 fully saturated rings. The Balaban J connectivity index is 1.42. The lowest BCUT2D eigenvalue weighted by Crippen LogP contribution is -2.04. The van der Waals surface area contributed by atoms with Crippen LogP contribution in [0.4, 0.5) is 0 Å². The fourth-order valence-corrected chi connectivity index (χ4v) is 7.16. The number of hydrogen-bond acceptors (Lipinski definition) is 5. The summed E-state index contributed by atoms with van der Waals surface area (Å²) in [5.41, 5.74) is 11.7. The molecule has 0 atom stereocenters. The molecular formula is C48H30N6. The summed E-state index contributed by atoms with van der Waals surface area (Å²) in [7, 11) is 0. The Morgan fingerprint density at radius 1 is 0.426 bits per heavy atom. The minimum Gasteiger partial charge on any atom is -0.308 e. The number of hydrogen-bond donors (Lipinski definition) is 0. The molecule has 2 aromatic heterocycles. The van der Waals surface area contributed by atoms with Crippen molar-refractivity contribution in [3.8, 4) is 74.2 Å². The van der Waals surface area contributed by atoms with Gasteiger partial charge in [0.1, 0.15) is 0 Å². The molecular weight excluding hydrogens is 661 g/mol. The largest absolute Gasteiger partial charge is 0.308 e. The molecule has 7 aromatic carbocycles. The molecule has 0 aliphatic heterocycles. The third-order valence-electron chi connectivity index (χ3n) is 9.77. The van der Waals surface area contributed by atoms with Crippen LogP contribution in [0.2, 0.25) is 0 Å². The van der Waals surface area contributed by atoms with Crippen LogP contribution in [-0.4, -0.2) is 19.5 Å². The van der Waals surface area contributed by atoms with Crippen molar-refractivity contribution in [2.75, 3.05) is 0 Å². The molecule has 6 nitrogen and oxygen atoms in total. The summed E-state index contributed by atoms with van der Waals surface area (Å²) in [6.07, 6.45) is 0. The molecule has 252 valence electrons. The van der Waals surface area contributed by atoms with Crippen LogP contribution in [-0.2, 0) is 0 Å². The fraction of sp³-hybridized carbons (Fsp3) is 0.0208. The van der Waals surface area contributed by atoms with Gasteiger partial charge in [-0.1, -0.05) is 115 Å². The first kappa shape index (κ1) is 32.3. The molecule has 0 saturated heterocycles. The second-order valence-electron chi connectivity index (χ2n) is 13.2. The fourth-order valence-electron chi connectivity index (χ4n) is 7.16. The van der Waals surface area contributed by atoms with Crippen LogP contribution in [0.25, 0.3) is 83.9 Å². The first-order valence-electron chi connectivity index (χ1n) is 17.6. The van der Waals surface area contributed by atoms with Crippen molar-refractivity contribution in [3.05, 3.63) is 180 Å². The normalized spacial score (nSPS) is 11.0. The van der Waals surface area contributed by atoms with E-state index in [1.165, 1.54) is 5.56 Å². The van der Waals surface area contributed by atoms with Gasteiger partial charge in [-0.3, -0.25) is 0 Å². The van der Waals surface area contributed by atoms with Crippen molar-refractivity contribution >= 4 is 21.8 Å². The zero-order chi connectivity index (χ0) is 36.6. The lowest BCUT2D eigenvalue weighted by Gasteiger charge is -2.21. The van der Waals surface area contributed by atoms with Gasteiger partial charge in [-0.25, -0.2) is 15.0 Å². The molecule has 0 unspecified atom stereocenters. The quantitative estimate of drug-likeness (QED) is 0.173. The average Bonchev–Trinajstić information content (AvgIpc) is 3.56. The van der Waals surface area contributed by atoms with E-state index in [9.17, 15) is 10.5 Å². The predicted molar refractivity (Wildman–Crippen MR) is 216 cm³/mol. The smallest absolute Gasteiger partial charge is 0.164 e. The minimum atomic E-state index is 0.525. The van der Waals surface area contributed by atoms with E-state index < -0.39 is 0 Å². The van der Waals surface area contributed by atoms with Gasteiger partial charge < -0.3 is 4.57 Å². The van der Waals surface area contributed by atoms with E-state index in [0.29, 0.717) is 28.6 Å². The third-order valence-corrected chi connectivity index (χ3v) is 9.77. The molecule has 0 saturated carbocycles. The van der Waals surface area contributed by atoms with Crippen LogP contribution in [0.5, 0.6) is 0 Å². The Morgan fingerprint density at radius 3 is 1.41 bits per heavy atom. The maximum absolute atomic E-state index is 9.73. The van der Waals surface area contributed by atoms with Gasteiger partial charge in [0.2, 0.25) is 0 Å². The maximum atomic E-state index is 9.73. The van der Waals surface area contributed by atoms with Crippen molar-refractivity contribution in [2.45, 2.75) is 6.92 Å². The van der Waals surface area contributed by atoms with Gasteiger partial charge in [-0.05, 0) is 72.6 Å². The van der Waals surface area contributed by atoms with Gasteiger partial charge in [0.25, 0.3) is 0 Å². The average molecular weight is 691 g/mol. The second-order valence-corrected chi connectivity index (χ2v) is 13.2. The summed E-state index contributed by atoms with van der Waals surface area (Å²) in [6, 6.07) is 59.2. The van der Waals surface area contributed by atoms with Gasteiger partial charge >= 0.3 is 0 Å². The summed E-state index contributed by atoms with van der Waals surface area (Å²) in [5, 5.41) is 21.8. The number of benzene rings is 7. The SMILES string of the molecule is Cc1ccc2c(c1)c1ccccc1n2-c1c(-c2ccc(C#N)cc2)cc(-c2nc(-c3ccccc3)nc(-c3ccccc3)n2)cc1-c1ccc(C#N)cc1. The number of aryl methyl sites for hydroxylation is 1. The van der Waals surface area contributed by atoms with Crippen LogP contribution in [0.3, 0.4) is 0 Å². The Hall–Kier alpha value is -7.67. The van der Waals surface area contributed by atoms with Gasteiger partial charge in [-0.15, -0.1) is 0 Å². The highest BCUT2D eigenvalue weighted by Crippen LogP contribution is 2.44. The lowest BCUT2D eigenvalue weighted by atomic mass is 9.91. The second kappa shape index (κ2) is 13.5. The van der Waals surface area contributed by atoms with Crippen LogP contribution < -0.4 is 0 Å². The standard InChI is InChI=1S/C48H30N6/c1-31-16-25-44-42(26-31)39-14-8-9-15-43(39)54(44)45-40(34-21-17-32(29-49)18-22-34)27-38(28-41(45)35-23-19-33(30-50)20-24-35)48-52-46(36-10-4-2-5-11-36)51-47(53-48)37-12-6-3-7-13-37/h2-28H,1H3. The zero-order valence-electron chi connectivity index (χ0n) is 29.3. The van der Waals surface area contributed by atoms with Crippen LogP contribution in [0, 0.1) is 29.6 Å². The Labute approximate surface area is 312 Å². The summed E-state index contributed by atoms with van der Waals surface area (Å²) < 4.78 is 2.34. The summed E-state index contributed by atoms with van der Waals surface area (Å²) >= 11 is 0. The van der Waals surface area contributed by atoms with Crippen LogP contribution in [0.1, 0.15) is 16.7 Å². The molecule has 0 aliphatic rings. The van der Waals surface area contributed by atoms with Gasteiger partial charge in [0.15, 0.2) is 17.5 Å². The first-order chi connectivity index (χ1) is 26.6. The van der Waals surface area contributed by atoms with Crippen molar-refractivity contribution in [3.63, 3.8) is 0 Å². The van der Waals surface area contributed by atoms with E-state index in [-0.39, 0.29) is 0 Å².